The van der Waals surface area contributed by atoms with Crippen LogP contribution in [0.3, 0.4) is 0 Å². The molecular formula is C13H13FN2O4. The number of fused-ring (bicyclic) bond motifs is 4. The summed E-state index contributed by atoms with van der Waals surface area (Å²) in [5, 5.41) is 5.14. The maximum absolute atomic E-state index is 13.9. The standard InChI is InChI=1S/C13H13FN2O4/c1-13-8(11(17)19-2)9(15-12(18)16-13)6-4-3-5-7(14)10(6)20-13/h3-5,8-9H,1-2H3,(H2,15,16,18). The van der Waals surface area contributed by atoms with Crippen LogP contribution in [-0.2, 0) is 9.53 Å². The van der Waals surface area contributed by atoms with Gasteiger partial charge in [0.1, 0.15) is 5.92 Å². The Morgan fingerprint density at radius 1 is 1.50 bits per heavy atom. The minimum absolute atomic E-state index is 0.0349. The van der Waals surface area contributed by atoms with Crippen LogP contribution >= 0.6 is 0 Å². The molecule has 3 atom stereocenters. The molecule has 3 unspecified atom stereocenters. The highest BCUT2D eigenvalue weighted by atomic mass is 19.1. The van der Waals surface area contributed by atoms with Crippen LogP contribution in [-0.4, -0.2) is 24.8 Å². The van der Waals surface area contributed by atoms with Gasteiger partial charge in [-0.3, -0.25) is 10.1 Å². The van der Waals surface area contributed by atoms with Crippen molar-refractivity contribution in [3.05, 3.63) is 29.6 Å². The lowest BCUT2D eigenvalue weighted by Crippen LogP contribution is -2.70. The van der Waals surface area contributed by atoms with Gasteiger partial charge in [0.05, 0.1) is 13.2 Å². The molecule has 0 aromatic heterocycles. The second-order valence-electron chi connectivity index (χ2n) is 4.94. The van der Waals surface area contributed by atoms with Crippen LogP contribution in [0.5, 0.6) is 5.75 Å². The Bertz CT molecular complexity index is 606. The molecule has 1 saturated heterocycles. The molecule has 0 saturated carbocycles. The number of ether oxygens (including phenoxy) is 2. The maximum Gasteiger partial charge on any atom is 0.318 e. The molecule has 0 aliphatic carbocycles. The van der Waals surface area contributed by atoms with Crippen LogP contribution < -0.4 is 15.4 Å². The quantitative estimate of drug-likeness (QED) is 0.755. The predicted molar refractivity (Wildman–Crippen MR) is 65.3 cm³/mol. The van der Waals surface area contributed by atoms with Crippen molar-refractivity contribution >= 4 is 12.0 Å². The van der Waals surface area contributed by atoms with Gasteiger partial charge < -0.3 is 14.8 Å². The molecule has 2 bridgehead atoms. The number of nitrogens with one attached hydrogen (secondary N) is 2. The van der Waals surface area contributed by atoms with E-state index in [0.717, 1.165) is 0 Å². The van der Waals surface area contributed by atoms with E-state index in [9.17, 15) is 14.0 Å². The first-order valence-corrected chi connectivity index (χ1v) is 6.10. The average molecular weight is 280 g/mol. The first-order valence-electron chi connectivity index (χ1n) is 6.10. The molecule has 2 amide bonds. The van der Waals surface area contributed by atoms with Crippen LogP contribution in [0.15, 0.2) is 18.2 Å². The zero-order valence-corrected chi connectivity index (χ0v) is 10.9. The normalized spacial score (nSPS) is 30.4. The van der Waals surface area contributed by atoms with Crippen molar-refractivity contribution in [3.63, 3.8) is 0 Å². The van der Waals surface area contributed by atoms with Crippen molar-refractivity contribution in [2.24, 2.45) is 5.92 Å². The SMILES string of the molecule is COC(=O)C1C2NC(=O)NC1(C)Oc1c(F)cccc12. The number of carbonyl (C=O) groups excluding carboxylic acids is 2. The molecule has 106 valence electrons. The van der Waals surface area contributed by atoms with E-state index in [1.54, 1.807) is 6.07 Å². The molecule has 7 heteroatoms. The Hall–Kier alpha value is -2.31. The Balaban J connectivity index is 2.18. The van der Waals surface area contributed by atoms with Gasteiger partial charge in [0, 0.05) is 5.56 Å². The second-order valence-corrected chi connectivity index (χ2v) is 4.94. The highest BCUT2D eigenvalue weighted by Crippen LogP contribution is 2.45. The van der Waals surface area contributed by atoms with E-state index in [1.807, 2.05) is 0 Å². The fourth-order valence-corrected chi connectivity index (χ4v) is 2.81. The average Bonchev–Trinajstić information content (AvgIpc) is 2.38. The molecule has 1 aromatic carbocycles. The summed E-state index contributed by atoms with van der Waals surface area (Å²) >= 11 is 0. The third-order valence-corrected chi connectivity index (χ3v) is 3.68. The van der Waals surface area contributed by atoms with E-state index in [4.69, 9.17) is 9.47 Å². The summed E-state index contributed by atoms with van der Waals surface area (Å²) in [4.78, 5) is 23.7. The smallest absolute Gasteiger partial charge is 0.318 e. The van der Waals surface area contributed by atoms with E-state index in [2.05, 4.69) is 10.6 Å². The summed E-state index contributed by atoms with van der Waals surface area (Å²) in [5.74, 6) is -1.85. The van der Waals surface area contributed by atoms with Gasteiger partial charge in [0.15, 0.2) is 17.3 Å². The maximum atomic E-state index is 13.9. The fraction of sp³-hybridized carbons (Fsp3) is 0.385. The molecule has 0 radical (unpaired) electrons. The first kappa shape index (κ1) is 12.7. The van der Waals surface area contributed by atoms with Crippen LogP contribution in [0.1, 0.15) is 18.5 Å². The lowest BCUT2D eigenvalue weighted by atomic mass is 9.80. The summed E-state index contributed by atoms with van der Waals surface area (Å²) in [5.41, 5.74) is -0.928. The number of carbonyl (C=O) groups is 2. The molecule has 6 nitrogen and oxygen atoms in total. The van der Waals surface area contributed by atoms with Crippen molar-refractivity contribution in [3.8, 4) is 5.75 Å². The Kier molecular flexibility index (Phi) is 2.60. The second kappa shape index (κ2) is 4.09. The van der Waals surface area contributed by atoms with E-state index in [-0.39, 0.29) is 5.75 Å². The summed E-state index contributed by atoms with van der Waals surface area (Å²) < 4.78 is 24.2. The van der Waals surface area contributed by atoms with Gasteiger partial charge in [-0.25, -0.2) is 9.18 Å². The first-order chi connectivity index (χ1) is 9.46. The van der Waals surface area contributed by atoms with E-state index < -0.39 is 35.5 Å². The molecule has 1 fully saturated rings. The lowest BCUT2D eigenvalue weighted by molar-refractivity contribution is -0.160. The number of urea groups is 1. The van der Waals surface area contributed by atoms with Crippen LogP contribution in [0.4, 0.5) is 9.18 Å². The third-order valence-electron chi connectivity index (χ3n) is 3.68. The lowest BCUT2D eigenvalue weighted by Gasteiger charge is -2.48. The summed E-state index contributed by atoms with van der Waals surface area (Å²) in [7, 11) is 1.25. The summed E-state index contributed by atoms with van der Waals surface area (Å²) in [6.07, 6.45) is 0. The molecule has 2 aliphatic rings. The number of amides is 2. The topological polar surface area (TPSA) is 76.7 Å². The van der Waals surface area contributed by atoms with Crippen LogP contribution in [0, 0.1) is 11.7 Å². The predicted octanol–water partition coefficient (Wildman–Crippen LogP) is 1.08. The number of esters is 1. The Morgan fingerprint density at radius 3 is 2.95 bits per heavy atom. The molecule has 1 aromatic rings. The van der Waals surface area contributed by atoms with Crippen LogP contribution in [0.25, 0.3) is 0 Å². The van der Waals surface area contributed by atoms with Gasteiger partial charge in [-0.05, 0) is 13.0 Å². The van der Waals surface area contributed by atoms with Crippen molar-refractivity contribution in [2.45, 2.75) is 18.7 Å². The largest absolute Gasteiger partial charge is 0.469 e. The molecule has 2 heterocycles. The number of hydrogen-bond donors (Lipinski definition) is 2. The Labute approximate surface area is 114 Å². The molecule has 3 rings (SSSR count). The number of benzene rings is 1. The monoisotopic (exact) mass is 280 g/mol. The van der Waals surface area contributed by atoms with Gasteiger partial charge in [0.25, 0.3) is 0 Å². The fourth-order valence-electron chi connectivity index (χ4n) is 2.81. The zero-order valence-electron chi connectivity index (χ0n) is 10.9. The van der Waals surface area contributed by atoms with Crippen molar-refractivity contribution in [1.82, 2.24) is 10.6 Å². The highest BCUT2D eigenvalue weighted by Gasteiger charge is 2.56. The third kappa shape index (κ3) is 1.62. The van der Waals surface area contributed by atoms with Gasteiger partial charge in [-0.15, -0.1) is 0 Å². The van der Waals surface area contributed by atoms with Gasteiger partial charge in [-0.1, -0.05) is 12.1 Å². The van der Waals surface area contributed by atoms with Gasteiger partial charge in [-0.2, -0.15) is 0 Å². The summed E-state index contributed by atoms with van der Waals surface area (Å²) in [6, 6.07) is 3.21. The van der Waals surface area contributed by atoms with Crippen molar-refractivity contribution in [2.75, 3.05) is 7.11 Å². The molecular weight excluding hydrogens is 267 g/mol. The Morgan fingerprint density at radius 2 is 2.25 bits per heavy atom. The van der Waals surface area contributed by atoms with Crippen molar-refractivity contribution in [1.29, 1.82) is 0 Å². The highest BCUT2D eigenvalue weighted by molar-refractivity contribution is 5.84. The van der Waals surface area contributed by atoms with E-state index in [1.165, 1.54) is 26.2 Å². The molecule has 0 spiro atoms. The van der Waals surface area contributed by atoms with Gasteiger partial charge in [0.2, 0.25) is 0 Å². The number of para-hydroxylation sites is 1. The van der Waals surface area contributed by atoms with Crippen LogP contribution in [0.2, 0.25) is 0 Å². The van der Waals surface area contributed by atoms with Crippen molar-refractivity contribution < 1.29 is 23.5 Å². The minimum Gasteiger partial charge on any atom is -0.469 e. The number of halogens is 1. The van der Waals surface area contributed by atoms with Gasteiger partial charge >= 0.3 is 12.0 Å². The number of rotatable bonds is 1. The molecule has 2 aliphatic heterocycles. The summed E-state index contributed by atoms with van der Waals surface area (Å²) in [6.45, 7) is 1.52. The number of hydrogen-bond acceptors (Lipinski definition) is 4. The molecule has 2 N–H and O–H groups in total. The molecule has 20 heavy (non-hydrogen) atoms. The van der Waals surface area contributed by atoms with E-state index in [0.29, 0.717) is 5.56 Å². The number of methoxy groups -OCH3 is 1. The van der Waals surface area contributed by atoms with E-state index >= 15 is 0 Å². The minimum atomic E-state index is -1.35. The zero-order chi connectivity index (χ0) is 14.5.